The van der Waals surface area contributed by atoms with Crippen molar-refractivity contribution in [2.75, 3.05) is 19.6 Å². The molecule has 2 rings (SSSR count). The SMILES string of the molecule is O=C(O)C1CCC(CNS(=O)(=O)N2CCCC2)O1. The standard InChI is InChI=1S/C10H18N2O5S/c13-10(14)9-4-3-8(17-9)7-11-18(15,16)12-5-1-2-6-12/h8-9,11H,1-7H2,(H,13,14). The van der Waals surface area contributed by atoms with Gasteiger partial charge in [0.1, 0.15) is 0 Å². The van der Waals surface area contributed by atoms with Gasteiger partial charge in [0.2, 0.25) is 0 Å². The third-order valence-electron chi connectivity index (χ3n) is 3.28. The maximum atomic E-state index is 11.8. The number of aliphatic carboxylic acids is 1. The van der Waals surface area contributed by atoms with Gasteiger partial charge in [-0.3, -0.25) is 0 Å². The Morgan fingerprint density at radius 2 is 2.00 bits per heavy atom. The molecule has 2 N–H and O–H groups in total. The first-order valence-corrected chi connectivity index (χ1v) is 7.56. The first kappa shape index (κ1) is 13.7. The third kappa shape index (κ3) is 3.19. The van der Waals surface area contributed by atoms with Crippen molar-refractivity contribution in [3.05, 3.63) is 0 Å². The van der Waals surface area contributed by atoms with E-state index in [1.807, 2.05) is 0 Å². The van der Waals surface area contributed by atoms with E-state index in [9.17, 15) is 13.2 Å². The van der Waals surface area contributed by atoms with E-state index in [0.717, 1.165) is 12.8 Å². The van der Waals surface area contributed by atoms with Gasteiger partial charge in [0.05, 0.1) is 6.10 Å². The lowest BCUT2D eigenvalue weighted by Crippen LogP contribution is -2.42. The van der Waals surface area contributed by atoms with E-state index in [1.165, 1.54) is 4.31 Å². The molecular weight excluding hydrogens is 260 g/mol. The van der Waals surface area contributed by atoms with Crippen molar-refractivity contribution in [2.45, 2.75) is 37.9 Å². The summed E-state index contributed by atoms with van der Waals surface area (Å²) in [5.74, 6) is -0.986. The number of carboxylic acid groups (broad SMARTS) is 1. The number of carbonyl (C=O) groups is 1. The molecule has 8 heteroatoms. The highest BCUT2D eigenvalue weighted by Gasteiger charge is 2.32. The minimum absolute atomic E-state index is 0.141. The van der Waals surface area contributed by atoms with Gasteiger partial charge in [-0.2, -0.15) is 17.4 Å². The number of nitrogens with zero attached hydrogens (tertiary/aromatic N) is 1. The van der Waals surface area contributed by atoms with Crippen LogP contribution in [0.3, 0.4) is 0 Å². The van der Waals surface area contributed by atoms with Crippen molar-refractivity contribution in [3.8, 4) is 0 Å². The zero-order valence-corrected chi connectivity index (χ0v) is 10.9. The van der Waals surface area contributed by atoms with Crippen LogP contribution in [0.15, 0.2) is 0 Å². The van der Waals surface area contributed by atoms with Crippen LogP contribution in [0.5, 0.6) is 0 Å². The highest BCUT2D eigenvalue weighted by atomic mass is 32.2. The van der Waals surface area contributed by atoms with Crippen LogP contribution >= 0.6 is 0 Å². The molecule has 0 aliphatic carbocycles. The molecule has 2 aliphatic heterocycles. The fourth-order valence-electron chi connectivity index (χ4n) is 2.26. The van der Waals surface area contributed by atoms with E-state index in [1.54, 1.807) is 0 Å². The van der Waals surface area contributed by atoms with Crippen LogP contribution in [-0.4, -0.2) is 55.6 Å². The van der Waals surface area contributed by atoms with Crippen LogP contribution in [-0.2, 0) is 19.7 Å². The fraction of sp³-hybridized carbons (Fsp3) is 0.900. The molecule has 104 valence electrons. The van der Waals surface area contributed by atoms with Crippen LogP contribution in [0.4, 0.5) is 0 Å². The third-order valence-corrected chi connectivity index (χ3v) is 4.86. The van der Waals surface area contributed by atoms with Crippen LogP contribution in [0, 0.1) is 0 Å². The molecule has 2 unspecified atom stereocenters. The molecular formula is C10H18N2O5S. The number of ether oxygens (including phenoxy) is 1. The average molecular weight is 278 g/mol. The lowest BCUT2D eigenvalue weighted by molar-refractivity contribution is -0.149. The molecule has 0 aromatic heterocycles. The molecule has 18 heavy (non-hydrogen) atoms. The number of nitrogens with one attached hydrogen (secondary N) is 1. The van der Waals surface area contributed by atoms with Crippen LogP contribution in [0.25, 0.3) is 0 Å². The van der Waals surface area contributed by atoms with Crippen molar-refractivity contribution in [1.82, 2.24) is 9.03 Å². The van der Waals surface area contributed by atoms with Crippen LogP contribution in [0.1, 0.15) is 25.7 Å². The van der Waals surface area contributed by atoms with Gasteiger partial charge in [0.25, 0.3) is 10.2 Å². The zero-order chi connectivity index (χ0) is 13.2. The molecule has 0 amide bonds. The Morgan fingerprint density at radius 1 is 1.33 bits per heavy atom. The minimum atomic E-state index is -3.43. The summed E-state index contributed by atoms with van der Waals surface area (Å²) < 4.78 is 32.8. The molecule has 7 nitrogen and oxygen atoms in total. The van der Waals surface area contributed by atoms with Gasteiger partial charge in [-0.05, 0) is 25.7 Å². The van der Waals surface area contributed by atoms with E-state index in [4.69, 9.17) is 9.84 Å². The summed E-state index contributed by atoms with van der Waals surface area (Å²) in [5, 5.41) is 8.76. The second-order valence-electron chi connectivity index (χ2n) is 4.62. The summed E-state index contributed by atoms with van der Waals surface area (Å²) >= 11 is 0. The molecule has 0 bridgehead atoms. The van der Waals surface area contributed by atoms with E-state index >= 15 is 0 Å². The van der Waals surface area contributed by atoms with Crippen LogP contribution < -0.4 is 4.72 Å². The largest absolute Gasteiger partial charge is 0.479 e. The molecule has 0 radical (unpaired) electrons. The van der Waals surface area contributed by atoms with Crippen molar-refractivity contribution in [1.29, 1.82) is 0 Å². The topological polar surface area (TPSA) is 95.9 Å². The van der Waals surface area contributed by atoms with Gasteiger partial charge in [0, 0.05) is 19.6 Å². The number of carboxylic acids is 1. The molecule has 0 aromatic carbocycles. The summed E-state index contributed by atoms with van der Waals surface area (Å²) in [4.78, 5) is 10.7. The Hall–Kier alpha value is -0.700. The van der Waals surface area contributed by atoms with Gasteiger partial charge in [-0.1, -0.05) is 0 Å². The predicted molar refractivity (Wildman–Crippen MR) is 63.3 cm³/mol. The summed E-state index contributed by atoms with van der Waals surface area (Å²) in [6, 6.07) is 0. The molecule has 2 saturated heterocycles. The van der Waals surface area contributed by atoms with Crippen molar-refractivity contribution in [3.63, 3.8) is 0 Å². The molecule has 0 aromatic rings. The maximum absolute atomic E-state index is 11.8. The number of hydrogen-bond donors (Lipinski definition) is 2. The van der Waals surface area contributed by atoms with Gasteiger partial charge in [-0.25, -0.2) is 4.79 Å². The molecule has 2 fully saturated rings. The van der Waals surface area contributed by atoms with Gasteiger partial charge in [-0.15, -0.1) is 0 Å². The molecule has 2 aliphatic rings. The van der Waals surface area contributed by atoms with E-state index in [0.29, 0.717) is 25.9 Å². The first-order valence-electron chi connectivity index (χ1n) is 6.12. The van der Waals surface area contributed by atoms with E-state index < -0.39 is 22.3 Å². The normalized spacial score (nSPS) is 29.8. The van der Waals surface area contributed by atoms with Gasteiger partial charge in [0.15, 0.2) is 6.10 Å². The summed E-state index contributed by atoms with van der Waals surface area (Å²) in [6.07, 6.45) is 1.64. The lowest BCUT2D eigenvalue weighted by Gasteiger charge is -2.18. The highest BCUT2D eigenvalue weighted by molar-refractivity contribution is 7.87. The lowest BCUT2D eigenvalue weighted by atomic mass is 10.2. The molecule has 2 heterocycles. The highest BCUT2D eigenvalue weighted by Crippen LogP contribution is 2.20. The molecule has 0 spiro atoms. The quantitative estimate of drug-likeness (QED) is 0.710. The predicted octanol–water partition coefficient (Wildman–Crippen LogP) is -0.451. The molecule has 0 saturated carbocycles. The van der Waals surface area contributed by atoms with E-state index in [-0.39, 0.29) is 12.6 Å². The van der Waals surface area contributed by atoms with Gasteiger partial charge >= 0.3 is 5.97 Å². The van der Waals surface area contributed by atoms with E-state index in [2.05, 4.69) is 4.72 Å². The summed E-state index contributed by atoms with van der Waals surface area (Å²) in [5.41, 5.74) is 0. The van der Waals surface area contributed by atoms with Crippen LogP contribution in [0.2, 0.25) is 0 Å². The van der Waals surface area contributed by atoms with Gasteiger partial charge < -0.3 is 9.84 Å². The summed E-state index contributed by atoms with van der Waals surface area (Å²) in [7, 11) is -3.43. The monoisotopic (exact) mass is 278 g/mol. The van der Waals surface area contributed by atoms with Crippen molar-refractivity contribution >= 4 is 16.2 Å². The Bertz CT molecular complexity index is 404. The minimum Gasteiger partial charge on any atom is -0.479 e. The Morgan fingerprint density at radius 3 is 2.56 bits per heavy atom. The van der Waals surface area contributed by atoms with Crippen molar-refractivity contribution in [2.24, 2.45) is 0 Å². The Kier molecular flexibility index (Phi) is 4.21. The molecule has 2 atom stereocenters. The second-order valence-corrected chi connectivity index (χ2v) is 6.38. The average Bonchev–Trinajstić information content (AvgIpc) is 2.98. The Balaban J connectivity index is 1.80. The second kappa shape index (κ2) is 5.52. The smallest absolute Gasteiger partial charge is 0.332 e. The number of hydrogen-bond acceptors (Lipinski definition) is 4. The maximum Gasteiger partial charge on any atom is 0.332 e. The van der Waals surface area contributed by atoms with Crippen molar-refractivity contribution < 1.29 is 23.1 Å². The Labute approximate surface area is 106 Å². The zero-order valence-electron chi connectivity index (χ0n) is 10.0. The number of rotatable bonds is 5. The first-order chi connectivity index (χ1) is 8.49. The fourth-order valence-corrected chi connectivity index (χ4v) is 3.57. The summed E-state index contributed by atoms with van der Waals surface area (Å²) in [6.45, 7) is 1.25.